The van der Waals surface area contributed by atoms with Gasteiger partial charge in [0, 0.05) is 49.9 Å². The van der Waals surface area contributed by atoms with Crippen molar-refractivity contribution in [1.29, 1.82) is 0 Å². The van der Waals surface area contributed by atoms with E-state index in [2.05, 4.69) is 38.2 Å². The fourth-order valence-corrected chi connectivity index (χ4v) is 5.79. The summed E-state index contributed by atoms with van der Waals surface area (Å²) in [6, 6.07) is 8.22. The Labute approximate surface area is 227 Å². The second kappa shape index (κ2) is 13.0. The maximum absolute atomic E-state index is 13.3. The predicted octanol–water partition coefficient (Wildman–Crippen LogP) is 4.09. The van der Waals surface area contributed by atoms with Gasteiger partial charge in [-0.05, 0) is 24.0 Å². The van der Waals surface area contributed by atoms with Gasteiger partial charge in [-0.25, -0.2) is 8.42 Å². The zero-order valence-corrected chi connectivity index (χ0v) is 23.3. The Balaban J connectivity index is 1.92. The van der Waals surface area contributed by atoms with Crippen LogP contribution in [-0.4, -0.2) is 68.2 Å². The van der Waals surface area contributed by atoms with E-state index in [1.165, 1.54) is 28.7 Å². The molecule has 13 nitrogen and oxygen atoms in total. The van der Waals surface area contributed by atoms with Gasteiger partial charge in [0.2, 0.25) is 10.0 Å². The van der Waals surface area contributed by atoms with Crippen LogP contribution in [0.2, 0.25) is 0 Å². The topological polar surface area (TPSA) is 161 Å². The van der Waals surface area contributed by atoms with Gasteiger partial charge in [-0.3, -0.25) is 25.7 Å². The predicted molar refractivity (Wildman–Crippen MR) is 149 cm³/mol. The minimum Gasteiger partial charge on any atom is -0.379 e. The van der Waals surface area contributed by atoms with Crippen LogP contribution in [-0.2, 0) is 14.8 Å². The average Bonchev–Trinajstić information content (AvgIpc) is 2.88. The summed E-state index contributed by atoms with van der Waals surface area (Å²) in [6.07, 6.45) is 1.33. The summed E-state index contributed by atoms with van der Waals surface area (Å²) < 4.78 is 33.0. The first-order valence-electron chi connectivity index (χ1n) is 12.6. The number of hydrogen-bond donors (Lipinski definition) is 1. The number of nitrogens with zero attached hydrogens (tertiary/aromatic N) is 5. The number of hydrogen-bond acceptors (Lipinski definition) is 10. The lowest BCUT2D eigenvalue weighted by Crippen LogP contribution is -2.40. The number of nitro groups is 2. The van der Waals surface area contributed by atoms with Crippen molar-refractivity contribution in [3.8, 4) is 0 Å². The van der Waals surface area contributed by atoms with E-state index in [0.29, 0.717) is 36.2 Å². The van der Waals surface area contributed by atoms with Crippen molar-refractivity contribution in [3.63, 3.8) is 0 Å². The number of sulfonamides is 1. The quantitative estimate of drug-likeness (QED) is 0.228. The van der Waals surface area contributed by atoms with Crippen LogP contribution in [0.4, 0.5) is 22.7 Å². The number of hydrazone groups is 1. The Morgan fingerprint density at radius 1 is 1.03 bits per heavy atom. The van der Waals surface area contributed by atoms with Gasteiger partial charge in [-0.2, -0.15) is 9.41 Å². The van der Waals surface area contributed by atoms with Crippen molar-refractivity contribution >= 4 is 39.0 Å². The molecule has 212 valence electrons. The van der Waals surface area contributed by atoms with Crippen molar-refractivity contribution in [2.24, 2.45) is 16.9 Å². The van der Waals surface area contributed by atoms with Crippen LogP contribution in [0.25, 0.3) is 0 Å². The summed E-state index contributed by atoms with van der Waals surface area (Å²) in [5.74, 6) is 0.608. The van der Waals surface area contributed by atoms with Crippen molar-refractivity contribution in [2.45, 2.75) is 32.6 Å². The second-order valence-corrected chi connectivity index (χ2v) is 11.9. The molecule has 0 unspecified atom stereocenters. The minimum atomic E-state index is -4.08. The van der Waals surface area contributed by atoms with Crippen LogP contribution < -0.4 is 10.3 Å². The highest BCUT2D eigenvalue weighted by Crippen LogP contribution is 2.31. The Morgan fingerprint density at radius 3 is 2.23 bits per heavy atom. The van der Waals surface area contributed by atoms with Gasteiger partial charge >= 0.3 is 0 Å². The molecule has 1 N–H and O–H groups in total. The Kier molecular flexibility index (Phi) is 9.94. The first-order chi connectivity index (χ1) is 18.4. The molecule has 2 aromatic carbocycles. The van der Waals surface area contributed by atoms with Gasteiger partial charge in [0.15, 0.2) is 0 Å². The van der Waals surface area contributed by atoms with Crippen LogP contribution in [0.5, 0.6) is 0 Å². The van der Waals surface area contributed by atoms with Crippen LogP contribution in [0.3, 0.4) is 0 Å². The third-order valence-electron chi connectivity index (χ3n) is 5.87. The van der Waals surface area contributed by atoms with Crippen LogP contribution in [0.1, 0.15) is 33.3 Å². The molecule has 1 fully saturated rings. The normalized spacial score (nSPS) is 14.7. The molecular formula is C25H34N6O7S. The largest absolute Gasteiger partial charge is 0.379 e. The molecule has 0 aromatic heterocycles. The van der Waals surface area contributed by atoms with Crippen molar-refractivity contribution in [1.82, 2.24) is 4.31 Å². The molecule has 1 aliphatic heterocycles. The Bertz CT molecular complexity index is 1310. The van der Waals surface area contributed by atoms with E-state index in [0.717, 1.165) is 6.07 Å². The molecule has 0 aliphatic carbocycles. The molecule has 14 heteroatoms. The zero-order valence-electron chi connectivity index (χ0n) is 22.4. The van der Waals surface area contributed by atoms with E-state index in [1.54, 1.807) is 12.1 Å². The lowest BCUT2D eigenvalue weighted by atomic mass is 10.1. The molecule has 0 saturated carbocycles. The first-order valence-corrected chi connectivity index (χ1v) is 14.0. The van der Waals surface area contributed by atoms with Crippen molar-refractivity contribution in [3.05, 3.63) is 62.2 Å². The summed E-state index contributed by atoms with van der Waals surface area (Å²) in [6.45, 7) is 10.2. The average molecular weight is 563 g/mol. The summed E-state index contributed by atoms with van der Waals surface area (Å²) >= 11 is 0. The monoisotopic (exact) mass is 562 g/mol. The highest BCUT2D eigenvalue weighted by Gasteiger charge is 2.30. The fourth-order valence-electron chi connectivity index (χ4n) is 4.22. The Morgan fingerprint density at radius 2 is 1.67 bits per heavy atom. The molecule has 1 heterocycles. The minimum absolute atomic E-state index is 0.0366. The standard InChI is InChI=1S/C25H34N6O7S/c1-18(2)16-28(17-19(3)4)23-8-5-20(13-24(23)31(34)35)15-26-27-22-7-6-21(30(32)33)14-25(22)39(36,37)29-9-11-38-12-10-29/h5-8,13-15,18-19,27H,9-12,16-17H2,1-4H3. The van der Waals surface area contributed by atoms with E-state index >= 15 is 0 Å². The van der Waals surface area contributed by atoms with Gasteiger partial charge in [-0.1, -0.05) is 33.8 Å². The molecule has 0 amide bonds. The molecule has 1 saturated heterocycles. The van der Waals surface area contributed by atoms with E-state index in [1.807, 2.05) is 4.90 Å². The smallest absolute Gasteiger partial charge is 0.293 e. The van der Waals surface area contributed by atoms with Gasteiger partial charge in [0.1, 0.15) is 10.6 Å². The number of nitro benzene ring substituents is 2. The zero-order chi connectivity index (χ0) is 28.7. The molecule has 0 atom stereocenters. The molecule has 1 aliphatic rings. The third kappa shape index (κ3) is 7.71. The number of morpholine rings is 1. The second-order valence-electron chi connectivity index (χ2n) is 10.0. The van der Waals surface area contributed by atoms with E-state index in [9.17, 15) is 28.6 Å². The number of ether oxygens (including phenoxy) is 1. The number of nitrogens with one attached hydrogen (secondary N) is 1. The fraction of sp³-hybridized carbons (Fsp3) is 0.480. The SMILES string of the molecule is CC(C)CN(CC(C)C)c1ccc(C=NNc2ccc([N+](=O)[O-])cc2S(=O)(=O)N2CCOCC2)cc1[N+](=O)[O-]. The van der Waals surface area contributed by atoms with Crippen LogP contribution in [0, 0.1) is 32.1 Å². The van der Waals surface area contributed by atoms with Gasteiger partial charge in [0.25, 0.3) is 11.4 Å². The molecule has 0 radical (unpaired) electrons. The summed E-state index contributed by atoms with van der Waals surface area (Å²) in [4.78, 5) is 23.8. The van der Waals surface area contributed by atoms with E-state index in [4.69, 9.17) is 4.74 Å². The highest BCUT2D eigenvalue weighted by atomic mass is 32.2. The van der Waals surface area contributed by atoms with E-state index < -0.39 is 19.9 Å². The molecule has 0 spiro atoms. The lowest BCUT2D eigenvalue weighted by Gasteiger charge is -2.28. The maximum atomic E-state index is 13.3. The molecule has 0 bridgehead atoms. The first kappa shape index (κ1) is 29.9. The van der Waals surface area contributed by atoms with E-state index in [-0.39, 0.29) is 48.3 Å². The molecule has 39 heavy (non-hydrogen) atoms. The molecular weight excluding hydrogens is 528 g/mol. The number of benzene rings is 2. The maximum Gasteiger partial charge on any atom is 0.293 e. The summed E-state index contributed by atoms with van der Waals surface area (Å²) in [5, 5.41) is 27.3. The lowest BCUT2D eigenvalue weighted by molar-refractivity contribution is -0.385. The number of anilines is 2. The number of rotatable bonds is 12. The highest BCUT2D eigenvalue weighted by molar-refractivity contribution is 7.89. The third-order valence-corrected chi connectivity index (χ3v) is 7.81. The summed E-state index contributed by atoms with van der Waals surface area (Å²) in [7, 11) is -4.08. The molecule has 3 rings (SSSR count). The van der Waals surface area contributed by atoms with Crippen LogP contribution in [0.15, 0.2) is 46.4 Å². The number of non-ortho nitro benzene ring substituents is 1. The van der Waals surface area contributed by atoms with Crippen LogP contribution >= 0.6 is 0 Å². The summed E-state index contributed by atoms with van der Waals surface area (Å²) in [5.41, 5.74) is 3.17. The van der Waals surface area contributed by atoms with Gasteiger partial charge < -0.3 is 9.64 Å². The van der Waals surface area contributed by atoms with Gasteiger partial charge in [0.05, 0.1) is 35.0 Å². The Hall–Kier alpha value is -3.62. The van der Waals surface area contributed by atoms with Gasteiger partial charge in [-0.15, -0.1) is 0 Å². The van der Waals surface area contributed by atoms with Crippen molar-refractivity contribution < 1.29 is 23.0 Å². The van der Waals surface area contributed by atoms with Crippen molar-refractivity contribution in [2.75, 3.05) is 49.7 Å². The molecule has 2 aromatic rings.